The third kappa shape index (κ3) is 6.33. The predicted octanol–water partition coefficient (Wildman–Crippen LogP) is 6.47. The number of methoxy groups -OCH3 is 2. The zero-order valence-corrected chi connectivity index (χ0v) is 25.1. The first-order valence-corrected chi connectivity index (χ1v) is 15.7. The van der Waals surface area contributed by atoms with Crippen molar-refractivity contribution >= 4 is 38.3 Å². The van der Waals surface area contributed by atoms with Gasteiger partial charge in [0.05, 0.1) is 20.8 Å². The van der Waals surface area contributed by atoms with Crippen LogP contribution in [0.4, 0.5) is 9.52 Å². The Bertz CT molecular complexity index is 1590. The van der Waals surface area contributed by atoms with Crippen LogP contribution in [0.15, 0.2) is 71.9 Å². The van der Waals surface area contributed by atoms with E-state index < -0.39 is 20.7 Å². The van der Waals surface area contributed by atoms with E-state index in [9.17, 15) is 8.42 Å². The lowest BCUT2D eigenvalue weighted by Gasteiger charge is -2.36. The standard InChI is InChI=1S/C29H30ClFN4O4S2/c1-38-23-12-11-21(27(15-23)39-2)18-35(29-32-19-33-40-29)41(36,37)28-16-24(30)22(14-25(28)31)17-34-13-7-6-10-26(34)20-8-4-3-5-9-20/h3-5,8-9,11-12,14-16,19,26H,6-7,10,13,17-18H2,1-2H3. The Morgan fingerprint density at radius 1 is 1.07 bits per heavy atom. The quantitative estimate of drug-likeness (QED) is 0.202. The van der Waals surface area contributed by atoms with E-state index in [4.69, 9.17) is 21.1 Å². The van der Waals surface area contributed by atoms with E-state index in [0.29, 0.717) is 29.2 Å². The fraction of sp³-hybridized carbons (Fsp3) is 0.310. The van der Waals surface area contributed by atoms with Gasteiger partial charge in [0.2, 0.25) is 5.13 Å². The van der Waals surface area contributed by atoms with Crippen LogP contribution in [0, 0.1) is 5.82 Å². The summed E-state index contributed by atoms with van der Waals surface area (Å²) >= 11 is 7.54. The highest BCUT2D eigenvalue weighted by Crippen LogP contribution is 2.36. The molecule has 4 aromatic rings. The fourth-order valence-corrected chi connectivity index (χ4v) is 7.62. The molecule has 0 aliphatic carbocycles. The van der Waals surface area contributed by atoms with Crippen molar-refractivity contribution in [2.75, 3.05) is 25.1 Å². The summed E-state index contributed by atoms with van der Waals surface area (Å²) < 4.78 is 59.3. The van der Waals surface area contributed by atoms with E-state index in [1.165, 1.54) is 38.2 Å². The average molecular weight is 617 g/mol. The van der Waals surface area contributed by atoms with E-state index in [1.54, 1.807) is 18.2 Å². The van der Waals surface area contributed by atoms with Crippen LogP contribution < -0.4 is 13.8 Å². The second kappa shape index (κ2) is 12.7. The predicted molar refractivity (Wildman–Crippen MR) is 158 cm³/mol. The van der Waals surface area contributed by atoms with Crippen molar-refractivity contribution < 1.29 is 22.3 Å². The lowest BCUT2D eigenvalue weighted by Crippen LogP contribution is -2.33. The van der Waals surface area contributed by atoms with Gasteiger partial charge in [-0.3, -0.25) is 4.90 Å². The highest BCUT2D eigenvalue weighted by atomic mass is 35.5. The number of ether oxygens (including phenoxy) is 2. The minimum Gasteiger partial charge on any atom is -0.497 e. The molecule has 12 heteroatoms. The molecular formula is C29H30ClFN4O4S2. The Morgan fingerprint density at radius 2 is 1.88 bits per heavy atom. The summed E-state index contributed by atoms with van der Waals surface area (Å²) in [5.74, 6) is 0.0823. The molecule has 0 radical (unpaired) electrons. The minimum absolute atomic E-state index is 0.0847. The van der Waals surface area contributed by atoms with E-state index >= 15 is 4.39 Å². The normalized spacial score (nSPS) is 16.0. The third-order valence-corrected chi connectivity index (χ3v) is 10.1. The number of rotatable bonds is 10. The van der Waals surface area contributed by atoms with Crippen LogP contribution in [0.2, 0.25) is 5.02 Å². The number of sulfonamides is 1. The number of aromatic nitrogens is 2. The number of halogens is 2. The van der Waals surface area contributed by atoms with Crippen molar-refractivity contribution in [2.45, 2.75) is 43.3 Å². The molecule has 5 rings (SSSR count). The Morgan fingerprint density at radius 3 is 2.59 bits per heavy atom. The molecule has 41 heavy (non-hydrogen) atoms. The van der Waals surface area contributed by atoms with Crippen molar-refractivity contribution in [1.29, 1.82) is 0 Å². The monoisotopic (exact) mass is 616 g/mol. The number of hydrogen-bond donors (Lipinski definition) is 0. The first kappa shape index (κ1) is 29.2. The summed E-state index contributed by atoms with van der Waals surface area (Å²) in [5, 5.41) is 0.267. The molecule has 8 nitrogen and oxygen atoms in total. The van der Waals surface area contributed by atoms with Crippen LogP contribution in [0.3, 0.4) is 0 Å². The lowest BCUT2D eigenvalue weighted by atomic mass is 9.94. The Hall–Kier alpha value is -3.25. The van der Waals surface area contributed by atoms with Gasteiger partial charge in [-0.1, -0.05) is 48.4 Å². The summed E-state index contributed by atoms with van der Waals surface area (Å²) in [7, 11) is -1.44. The smallest absolute Gasteiger partial charge is 0.269 e. The molecular weight excluding hydrogens is 587 g/mol. The number of benzene rings is 3. The summed E-state index contributed by atoms with van der Waals surface area (Å²) in [5.41, 5.74) is 2.27. The molecule has 216 valence electrons. The summed E-state index contributed by atoms with van der Waals surface area (Å²) in [6.45, 7) is 1.07. The molecule has 1 unspecified atom stereocenters. The van der Waals surface area contributed by atoms with Crippen molar-refractivity contribution in [3.8, 4) is 11.5 Å². The molecule has 1 aliphatic heterocycles. The Kier molecular flexibility index (Phi) is 9.08. The summed E-state index contributed by atoms with van der Waals surface area (Å²) in [4.78, 5) is 5.84. The number of hydrogen-bond acceptors (Lipinski definition) is 8. The highest BCUT2D eigenvalue weighted by molar-refractivity contribution is 7.93. The zero-order chi connectivity index (χ0) is 29.0. The van der Waals surface area contributed by atoms with Gasteiger partial charge >= 0.3 is 0 Å². The molecule has 0 bridgehead atoms. The van der Waals surface area contributed by atoms with Crippen molar-refractivity contribution in [1.82, 2.24) is 14.3 Å². The van der Waals surface area contributed by atoms with Gasteiger partial charge in [0.25, 0.3) is 10.0 Å². The second-order valence-electron chi connectivity index (χ2n) is 9.68. The number of nitrogens with zero attached hydrogens (tertiary/aromatic N) is 4. The average Bonchev–Trinajstić information content (AvgIpc) is 3.52. The van der Waals surface area contributed by atoms with Crippen LogP contribution in [0.25, 0.3) is 0 Å². The van der Waals surface area contributed by atoms with Gasteiger partial charge < -0.3 is 9.47 Å². The molecule has 1 fully saturated rings. The largest absolute Gasteiger partial charge is 0.497 e. The van der Waals surface area contributed by atoms with Crippen molar-refractivity contribution in [2.24, 2.45) is 0 Å². The van der Waals surface area contributed by atoms with Crippen molar-refractivity contribution in [3.63, 3.8) is 0 Å². The van der Waals surface area contributed by atoms with Crippen LogP contribution in [-0.4, -0.2) is 43.4 Å². The lowest BCUT2D eigenvalue weighted by molar-refractivity contribution is 0.140. The number of piperidine rings is 1. The van der Waals surface area contributed by atoms with Gasteiger partial charge in [0, 0.05) is 40.8 Å². The Labute approximate surface area is 248 Å². The molecule has 1 saturated heterocycles. The maximum absolute atomic E-state index is 15.7. The molecule has 0 spiro atoms. The number of anilines is 1. The summed E-state index contributed by atoms with van der Waals surface area (Å²) in [6.07, 6.45) is 4.38. The van der Waals surface area contributed by atoms with E-state index in [0.717, 1.165) is 41.6 Å². The van der Waals surface area contributed by atoms with Crippen LogP contribution >= 0.6 is 23.1 Å². The molecule has 0 amide bonds. The van der Waals surface area contributed by atoms with Crippen LogP contribution in [0.1, 0.15) is 42.0 Å². The molecule has 1 aliphatic rings. The first-order chi connectivity index (χ1) is 19.8. The summed E-state index contributed by atoms with van der Waals surface area (Å²) in [6, 6.07) is 17.8. The number of likely N-dealkylation sites (tertiary alicyclic amines) is 1. The van der Waals surface area contributed by atoms with Crippen LogP contribution in [-0.2, 0) is 23.1 Å². The topological polar surface area (TPSA) is 84.9 Å². The second-order valence-corrected chi connectivity index (χ2v) is 12.7. The van der Waals surface area contributed by atoms with Gasteiger partial charge in [-0.2, -0.15) is 4.37 Å². The van der Waals surface area contributed by atoms with E-state index in [1.807, 2.05) is 18.2 Å². The SMILES string of the molecule is COc1ccc(CN(c2ncns2)S(=O)(=O)c2cc(Cl)c(CN3CCCCC3c3ccccc3)cc2F)c(OC)c1. The maximum Gasteiger partial charge on any atom is 0.269 e. The van der Waals surface area contributed by atoms with Gasteiger partial charge in [-0.05, 0) is 54.8 Å². The minimum atomic E-state index is -4.44. The van der Waals surface area contributed by atoms with Gasteiger partial charge in [-0.15, -0.1) is 0 Å². The molecule has 1 aromatic heterocycles. The third-order valence-electron chi connectivity index (χ3n) is 7.21. The van der Waals surface area contributed by atoms with Gasteiger partial charge in [0.15, 0.2) is 0 Å². The maximum atomic E-state index is 15.7. The van der Waals surface area contributed by atoms with Crippen molar-refractivity contribution in [3.05, 3.63) is 94.5 Å². The van der Waals surface area contributed by atoms with Gasteiger partial charge in [0.1, 0.15) is 28.5 Å². The van der Waals surface area contributed by atoms with Gasteiger partial charge in [-0.25, -0.2) is 22.1 Å². The molecule has 3 aromatic carbocycles. The van der Waals surface area contributed by atoms with E-state index in [2.05, 4.69) is 26.4 Å². The molecule has 0 saturated carbocycles. The fourth-order valence-electron chi connectivity index (χ4n) is 5.13. The highest BCUT2D eigenvalue weighted by Gasteiger charge is 2.33. The molecule has 2 heterocycles. The molecule has 0 N–H and O–H groups in total. The first-order valence-electron chi connectivity index (χ1n) is 13.1. The van der Waals surface area contributed by atoms with E-state index in [-0.39, 0.29) is 22.7 Å². The Balaban J connectivity index is 1.47. The molecule has 1 atom stereocenters. The van der Waals surface area contributed by atoms with Crippen LogP contribution in [0.5, 0.6) is 11.5 Å². The zero-order valence-electron chi connectivity index (χ0n) is 22.7.